The van der Waals surface area contributed by atoms with Crippen molar-refractivity contribution in [2.75, 3.05) is 5.32 Å². The molecule has 3 rings (SSSR count). The molecular weight excluding hydrogens is 426 g/mol. The first-order valence-corrected chi connectivity index (χ1v) is 10.4. The molecule has 27 heavy (non-hydrogen) atoms. The van der Waals surface area contributed by atoms with E-state index in [1.54, 1.807) is 12.4 Å². The Bertz CT molecular complexity index is 898. The van der Waals surface area contributed by atoms with Gasteiger partial charge < -0.3 is 9.88 Å². The molecule has 0 radical (unpaired) electrons. The van der Waals surface area contributed by atoms with Gasteiger partial charge in [-0.3, -0.25) is 9.78 Å². The summed E-state index contributed by atoms with van der Waals surface area (Å²) in [6, 6.07) is 11.4. The topological polar surface area (TPSA) is 72.7 Å². The molecule has 0 aliphatic heterocycles. The van der Waals surface area contributed by atoms with Crippen molar-refractivity contribution in [2.45, 2.75) is 37.2 Å². The molecule has 0 saturated carbocycles. The van der Waals surface area contributed by atoms with E-state index in [1.165, 1.54) is 11.8 Å². The van der Waals surface area contributed by atoms with E-state index in [0.29, 0.717) is 6.42 Å². The number of aromatic nitrogens is 4. The van der Waals surface area contributed by atoms with Crippen molar-refractivity contribution < 1.29 is 4.79 Å². The fourth-order valence-corrected chi connectivity index (χ4v) is 3.86. The SMILES string of the molecule is CCC(Sc1nnc(-c2ccncc2)n1CC)C(=O)Nc1ccc(Br)cc1. The first-order valence-electron chi connectivity index (χ1n) is 8.69. The van der Waals surface area contributed by atoms with Gasteiger partial charge in [-0.15, -0.1) is 10.2 Å². The van der Waals surface area contributed by atoms with Crippen LogP contribution in [-0.4, -0.2) is 30.9 Å². The summed E-state index contributed by atoms with van der Waals surface area (Å²) in [5, 5.41) is 12.1. The number of thioether (sulfide) groups is 1. The molecule has 140 valence electrons. The molecule has 0 aliphatic carbocycles. The third kappa shape index (κ3) is 4.75. The summed E-state index contributed by atoms with van der Waals surface area (Å²) in [5.74, 6) is 0.742. The second-order valence-corrected chi connectivity index (χ2v) is 7.88. The van der Waals surface area contributed by atoms with Gasteiger partial charge in [0.05, 0.1) is 5.25 Å². The Hall–Kier alpha value is -2.19. The molecular formula is C19H20BrN5OS. The molecule has 0 aliphatic rings. The van der Waals surface area contributed by atoms with E-state index in [1.807, 2.05) is 54.8 Å². The van der Waals surface area contributed by atoms with Crippen LogP contribution in [0.25, 0.3) is 11.4 Å². The van der Waals surface area contributed by atoms with Crippen LogP contribution >= 0.6 is 27.7 Å². The van der Waals surface area contributed by atoms with Gasteiger partial charge in [-0.1, -0.05) is 34.6 Å². The van der Waals surface area contributed by atoms with Crippen LogP contribution in [0.15, 0.2) is 58.4 Å². The van der Waals surface area contributed by atoms with Crippen molar-refractivity contribution in [1.29, 1.82) is 0 Å². The van der Waals surface area contributed by atoms with E-state index in [2.05, 4.69) is 36.4 Å². The molecule has 8 heteroatoms. The summed E-state index contributed by atoms with van der Waals surface area (Å²) in [6.45, 7) is 4.76. The minimum atomic E-state index is -0.256. The third-order valence-corrected chi connectivity index (χ3v) is 5.87. The lowest BCUT2D eigenvalue weighted by atomic mass is 10.2. The average Bonchev–Trinajstić information content (AvgIpc) is 3.11. The van der Waals surface area contributed by atoms with Crippen molar-refractivity contribution >= 4 is 39.3 Å². The minimum absolute atomic E-state index is 0.0408. The molecule has 0 bridgehead atoms. The van der Waals surface area contributed by atoms with Crippen molar-refractivity contribution in [3.8, 4) is 11.4 Å². The molecule has 2 aromatic heterocycles. The van der Waals surface area contributed by atoms with Crippen molar-refractivity contribution in [3.05, 3.63) is 53.3 Å². The lowest BCUT2D eigenvalue weighted by molar-refractivity contribution is -0.115. The van der Waals surface area contributed by atoms with Gasteiger partial charge in [0.25, 0.3) is 0 Å². The highest BCUT2D eigenvalue weighted by molar-refractivity contribution is 9.10. The highest BCUT2D eigenvalue weighted by atomic mass is 79.9. The summed E-state index contributed by atoms with van der Waals surface area (Å²) in [4.78, 5) is 16.7. The second kappa shape index (κ2) is 9.14. The van der Waals surface area contributed by atoms with Crippen LogP contribution in [0.1, 0.15) is 20.3 Å². The molecule has 0 spiro atoms. The zero-order chi connectivity index (χ0) is 19.2. The molecule has 1 atom stereocenters. The number of carbonyl (C=O) groups is 1. The van der Waals surface area contributed by atoms with E-state index < -0.39 is 0 Å². The predicted octanol–water partition coefficient (Wildman–Crippen LogP) is 4.63. The number of halogens is 1. The molecule has 0 saturated heterocycles. The van der Waals surface area contributed by atoms with E-state index in [-0.39, 0.29) is 11.2 Å². The normalized spacial score (nSPS) is 12.0. The fraction of sp³-hybridized carbons (Fsp3) is 0.263. The Morgan fingerprint density at radius 2 is 1.85 bits per heavy atom. The van der Waals surface area contributed by atoms with Crippen LogP contribution in [0.3, 0.4) is 0 Å². The van der Waals surface area contributed by atoms with E-state index >= 15 is 0 Å². The smallest absolute Gasteiger partial charge is 0.237 e. The largest absolute Gasteiger partial charge is 0.325 e. The number of amides is 1. The van der Waals surface area contributed by atoms with Crippen LogP contribution in [0.2, 0.25) is 0 Å². The average molecular weight is 446 g/mol. The number of benzene rings is 1. The van der Waals surface area contributed by atoms with Gasteiger partial charge in [0, 0.05) is 34.7 Å². The zero-order valence-electron chi connectivity index (χ0n) is 15.1. The van der Waals surface area contributed by atoms with E-state index in [0.717, 1.165) is 33.2 Å². The lowest BCUT2D eigenvalue weighted by Crippen LogP contribution is -2.25. The Labute approximate surface area is 170 Å². The number of rotatable bonds is 7. The van der Waals surface area contributed by atoms with Crippen LogP contribution < -0.4 is 5.32 Å². The maximum atomic E-state index is 12.7. The summed E-state index contributed by atoms with van der Waals surface area (Å²) in [7, 11) is 0. The molecule has 1 N–H and O–H groups in total. The van der Waals surface area contributed by atoms with Gasteiger partial charge in [-0.25, -0.2) is 0 Å². The Morgan fingerprint density at radius 3 is 2.48 bits per heavy atom. The van der Waals surface area contributed by atoms with Gasteiger partial charge in [0.2, 0.25) is 5.91 Å². The van der Waals surface area contributed by atoms with Crippen LogP contribution in [0.5, 0.6) is 0 Å². The van der Waals surface area contributed by atoms with Crippen molar-refractivity contribution in [2.24, 2.45) is 0 Å². The Morgan fingerprint density at radius 1 is 1.15 bits per heavy atom. The monoisotopic (exact) mass is 445 g/mol. The first-order chi connectivity index (χ1) is 13.1. The van der Waals surface area contributed by atoms with Gasteiger partial charge in [0.1, 0.15) is 0 Å². The zero-order valence-corrected chi connectivity index (χ0v) is 17.5. The lowest BCUT2D eigenvalue weighted by Gasteiger charge is -2.15. The maximum absolute atomic E-state index is 12.7. The van der Waals surface area contributed by atoms with Gasteiger partial charge in [0.15, 0.2) is 11.0 Å². The highest BCUT2D eigenvalue weighted by Gasteiger charge is 2.22. The summed E-state index contributed by atoms with van der Waals surface area (Å²) < 4.78 is 3.00. The minimum Gasteiger partial charge on any atom is -0.325 e. The maximum Gasteiger partial charge on any atom is 0.237 e. The summed E-state index contributed by atoms with van der Waals surface area (Å²) in [5.41, 5.74) is 1.73. The van der Waals surface area contributed by atoms with Crippen LogP contribution in [-0.2, 0) is 11.3 Å². The fourth-order valence-electron chi connectivity index (χ4n) is 2.58. The van der Waals surface area contributed by atoms with Gasteiger partial charge in [-0.05, 0) is 49.7 Å². The van der Waals surface area contributed by atoms with Gasteiger partial charge >= 0.3 is 0 Å². The number of nitrogens with one attached hydrogen (secondary N) is 1. The molecule has 2 heterocycles. The van der Waals surface area contributed by atoms with E-state index in [4.69, 9.17) is 0 Å². The number of anilines is 1. The third-order valence-electron chi connectivity index (χ3n) is 3.99. The Balaban J connectivity index is 1.77. The quantitative estimate of drug-likeness (QED) is 0.536. The van der Waals surface area contributed by atoms with Crippen molar-refractivity contribution in [1.82, 2.24) is 19.7 Å². The number of carbonyl (C=O) groups excluding carboxylic acids is 1. The number of pyridine rings is 1. The van der Waals surface area contributed by atoms with Crippen LogP contribution in [0, 0.1) is 0 Å². The second-order valence-electron chi connectivity index (χ2n) is 5.80. The Kier molecular flexibility index (Phi) is 6.63. The highest BCUT2D eigenvalue weighted by Crippen LogP contribution is 2.29. The molecule has 0 fully saturated rings. The molecule has 1 unspecified atom stereocenters. The number of hydrogen-bond acceptors (Lipinski definition) is 5. The van der Waals surface area contributed by atoms with Crippen LogP contribution in [0.4, 0.5) is 5.69 Å². The standard InChI is InChI=1S/C19H20BrN5OS/c1-3-16(18(26)22-15-7-5-14(20)6-8-15)27-19-24-23-17(25(19)4-2)13-9-11-21-12-10-13/h5-12,16H,3-4H2,1-2H3,(H,22,26). The number of nitrogens with zero attached hydrogens (tertiary/aromatic N) is 4. The molecule has 1 aromatic carbocycles. The molecule has 6 nitrogen and oxygen atoms in total. The molecule has 3 aromatic rings. The number of hydrogen-bond donors (Lipinski definition) is 1. The molecule has 1 amide bonds. The predicted molar refractivity (Wildman–Crippen MR) is 112 cm³/mol. The summed E-state index contributed by atoms with van der Waals surface area (Å²) >= 11 is 4.84. The van der Waals surface area contributed by atoms with Gasteiger partial charge in [-0.2, -0.15) is 0 Å². The van der Waals surface area contributed by atoms with Crippen molar-refractivity contribution in [3.63, 3.8) is 0 Å². The summed E-state index contributed by atoms with van der Waals surface area (Å²) in [6.07, 6.45) is 4.16. The first kappa shape index (κ1) is 19.6. The van der Waals surface area contributed by atoms with E-state index in [9.17, 15) is 4.79 Å².